The first-order valence-electron chi connectivity index (χ1n) is 7.24. The zero-order valence-electron chi connectivity index (χ0n) is 12.3. The van der Waals surface area contributed by atoms with E-state index in [1.807, 2.05) is 0 Å². The van der Waals surface area contributed by atoms with Crippen LogP contribution in [0.3, 0.4) is 0 Å². The molecule has 0 radical (unpaired) electrons. The molecule has 0 amide bonds. The van der Waals surface area contributed by atoms with E-state index in [2.05, 4.69) is 0 Å². The van der Waals surface area contributed by atoms with Gasteiger partial charge in [-0.15, -0.1) is 0 Å². The van der Waals surface area contributed by atoms with E-state index in [1.165, 1.54) is 10.4 Å². The third-order valence-corrected chi connectivity index (χ3v) is 6.08. The Morgan fingerprint density at radius 2 is 1.82 bits per heavy atom. The van der Waals surface area contributed by atoms with Gasteiger partial charge in [0.15, 0.2) is 0 Å². The number of piperidine rings is 1. The lowest BCUT2D eigenvalue weighted by Crippen LogP contribution is -2.35. The minimum absolute atomic E-state index is 0.141. The van der Waals surface area contributed by atoms with Gasteiger partial charge in [-0.05, 0) is 37.1 Å². The molecule has 1 N–H and O–H groups in total. The number of aromatic carboxylic acids is 1. The van der Waals surface area contributed by atoms with Crippen LogP contribution < -0.4 is 0 Å². The van der Waals surface area contributed by atoms with E-state index in [1.54, 1.807) is 29.8 Å². The van der Waals surface area contributed by atoms with Crippen molar-refractivity contribution in [1.29, 1.82) is 0 Å². The number of rotatable bonds is 3. The summed E-state index contributed by atoms with van der Waals surface area (Å²) in [6.07, 6.45) is 2.83. The maximum absolute atomic E-state index is 12.7. The Morgan fingerprint density at radius 3 is 2.45 bits per heavy atom. The monoisotopic (exact) mass is 322 g/mol. The van der Waals surface area contributed by atoms with Gasteiger partial charge >= 0.3 is 5.97 Å². The highest BCUT2D eigenvalue weighted by Gasteiger charge is 2.26. The van der Waals surface area contributed by atoms with E-state index >= 15 is 0 Å². The van der Waals surface area contributed by atoms with Gasteiger partial charge in [0.1, 0.15) is 5.69 Å². The third-order valence-electron chi connectivity index (χ3n) is 4.19. The van der Waals surface area contributed by atoms with Crippen LogP contribution in [0.25, 0.3) is 10.9 Å². The first kappa shape index (κ1) is 15.1. The molecule has 2 aromatic rings. The van der Waals surface area contributed by atoms with Crippen LogP contribution in [0.5, 0.6) is 0 Å². The molecule has 1 aliphatic heterocycles. The normalized spacial score (nSPS) is 17.0. The van der Waals surface area contributed by atoms with Crippen LogP contribution in [0.2, 0.25) is 0 Å². The fourth-order valence-corrected chi connectivity index (χ4v) is 4.50. The van der Waals surface area contributed by atoms with Gasteiger partial charge in [0, 0.05) is 31.0 Å². The third kappa shape index (κ3) is 2.40. The Morgan fingerprint density at radius 1 is 1.14 bits per heavy atom. The lowest BCUT2D eigenvalue weighted by molar-refractivity contribution is 0.0687. The van der Waals surface area contributed by atoms with Crippen LogP contribution in [-0.2, 0) is 17.1 Å². The van der Waals surface area contributed by atoms with Crippen molar-refractivity contribution in [3.05, 3.63) is 30.0 Å². The number of carboxylic acid groups (broad SMARTS) is 1. The standard InChI is InChI=1S/C15H18N2O4S/c1-16-13-6-5-12(9-11(13)10-14(16)15(18)19)22(20,21)17-7-3-2-4-8-17/h5-6,9-10H,2-4,7-8H2,1H3,(H,18,19). The summed E-state index contributed by atoms with van der Waals surface area (Å²) in [4.78, 5) is 11.4. The van der Waals surface area contributed by atoms with Crippen LogP contribution in [-0.4, -0.2) is 41.5 Å². The number of carboxylic acids is 1. The molecular weight excluding hydrogens is 304 g/mol. The lowest BCUT2D eigenvalue weighted by atomic mass is 10.2. The molecule has 7 heteroatoms. The van der Waals surface area contributed by atoms with E-state index in [0.29, 0.717) is 24.0 Å². The number of aromatic nitrogens is 1. The fraction of sp³-hybridized carbons (Fsp3) is 0.400. The van der Waals surface area contributed by atoms with Crippen LogP contribution in [0, 0.1) is 0 Å². The summed E-state index contributed by atoms with van der Waals surface area (Å²) in [5.41, 5.74) is 0.845. The van der Waals surface area contributed by atoms with E-state index in [4.69, 9.17) is 5.11 Å². The van der Waals surface area contributed by atoms with E-state index in [-0.39, 0.29) is 10.6 Å². The molecule has 0 atom stereocenters. The second-order valence-electron chi connectivity index (χ2n) is 5.58. The quantitative estimate of drug-likeness (QED) is 0.938. The van der Waals surface area contributed by atoms with E-state index in [0.717, 1.165) is 19.3 Å². The van der Waals surface area contributed by atoms with Crippen LogP contribution in [0.1, 0.15) is 29.8 Å². The number of hydrogen-bond donors (Lipinski definition) is 1. The zero-order valence-corrected chi connectivity index (χ0v) is 13.1. The zero-order chi connectivity index (χ0) is 15.9. The molecule has 6 nitrogen and oxygen atoms in total. The topological polar surface area (TPSA) is 79.6 Å². The SMILES string of the molecule is Cn1c(C(=O)O)cc2cc(S(=O)(=O)N3CCCCC3)ccc21. The van der Waals surface area contributed by atoms with E-state index < -0.39 is 16.0 Å². The molecule has 0 unspecified atom stereocenters. The number of benzene rings is 1. The van der Waals surface area contributed by atoms with Crippen molar-refractivity contribution in [2.75, 3.05) is 13.1 Å². The Hall–Kier alpha value is -1.86. The summed E-state index contributed by atoms with van der Waals surface area (Å²) in [7, 11) is -1.84. The summed E-state index contributed by atoms with van der Waals surface area (Å²) in [6.45, 7) is 1.10. The molecule has 118 valence electrons. The molecule has 1 fully saturated rings. The van der Waals surface area contributed by atoms with Crippen molar-refractivity contribution in [1.82, 2.24) is 8.87 Å². The smallest absolute Gasteiger partial charge is 0.352 e. The van der Waals surface area contributed by atoms with E-state index in [9.17, 15) is 13.2 Å². The molecular formula is C15H18N2O4S. The molecule has 2 heterocycles. The molecule has 22 heavy (non-hydrogen) atoms. The highest BCUT2D eigenvalue weighted by Crippen LogP contribution is 2.26. The van der Waals surface area contributed by atoms with Crippen LogP contribution in [0.15, 0.2) is 29.2 Å². The summed E-state index contributed by atoms with van der Waals surface area (Å²) in [6, 6.07) is 6.29. The van der Waals surface area contributed by atoms with Crippen molar-refractivity contribution in [2.45, 2.75) is 24.2 Å². The van der Waals surface area contributed by atoms with Gasteiger partial charge in [0.05, 0.1) is 4.90 Å². The van der Waals surface area contributed by atoms with Gasteiger partial charge in [-0.3, -0.25) is 0 Å². The van der Waals surface area contributed by atoms with Crippen molar-refractivity contribution in [3.63, 3.8) is 0 Å². The van der Waals surface area contributed by atoms with Crippen LogP contribution in [0.4, 0.5) is 0 Å². The largest absolute Gasteiger partial charge is 0.477 e. The molecule has 1 aromatic heterocycles. The second-order valence-corrected chi connectivity index (χ2v) is 7.52. The number of sulfonamides is 1. The molecule has 1 saturated heterocycles. The lowest BCUT2D eigenvalue weighted by Gasteiger charge is -2.25. The molecule has 1 aromatic carbocycles. The second kappa shape index (κ2) is 5.40. The average molecular weight is 322 g/mol. The summed E-state index contributed by atoms with van der Waals surface area (Å²) < 4.78 is 28.4. The first-order chi connectivity index (χ1) is 10.4. The number of hydrogen-bond acceptors (Lipinski definition) is 3. The highest BCUT2D eigenvalue weighted by atomic mass is 32.2. The Kier molecular flexibility index (Phi) is 3.70. The average Bonchev–Trinajstić information content (AvgIpc) is 2.85. The number of nitrogens with zero attached hydrogens (tertiary/aromatic N) is 2. The minimum atomic E-state index is -3.50. The summed E-state index contributed by atoms with van der Waals surface area (Å²) >= 11 is 0. The maximum atomic E-state index is 12.7. The Bertz CT molecular complexity index is 833. The predicted octanol–water partition coefficient (Wildman–Crippen LogP) is 2.05. The molecule has 1 aliphatic rings. The predicted molar refractivity (Wildman–Crippen MR) is 82.5 cm³/mol. The van der Waals surface area contributed by atoms with Gasteiger partial charge in [0.25, 0.3) is 0 Å². The molecule has 0 aliphatic carbocycles. The van der Waals surface area contributed by atoms with Gasteiger partial charge in [-0.2, -0.15) is 4.31 Å². The number of aryl methyl sites for hydroxylation is 1. The molecule has 0 bridgehead atoms. The first-order valence-corrected chi connectivity index (χ1v) is 8.68. The Balaban J connectivity index is 2.06. The summed E-state index contributed by atoms with van der Waals surface area (Å²) in [5.74, 6) is -1.03. The maximum Gasteiger partial charge on any atom is 0.352 e. The van der Waals surface area contributed by atoms with Gasteiger partial charge in [-0.25, -0.2) is 13.2 Å². The highest BCUT2D eigenvalue weighted by molar-refractivity contribution is 7.89. The van der Waals surface area contributed by atoms with Crippen molar-refractivity contribution >= 4 is 26.9 Å². The van der Waals surface area contributed by atoms with Gasteiger partial charge in [0.2, 0.25) is 10.0 Å². The van der Waals surface area contributed by atoms with Crippen molar-refractivity contribution in [3.8, 4) is 0 Å². The number of fused-ring (bicyclic) bond motifs is 1. The minimum Gasteiger partial charge on any atom is -0.477 e. The Labute approximate surface area is 129 Å². The van der Waals surface area contributed by atoms with Gasteiger partial charge in [-0.1, -0.05) is 6.42 Å². The molecule has 0 spiro atoms. The molecule has 3 rings (SSSR count). The fourth-order valence-electron chi connectivity index (χ4n) is 2.95. The molecule has 0 saturated carbocycles. The van der Waals surface area contributed by atoms with Gasteiger partial charge < -0.3 is 9.67 Å². The van der Waals surface area contributed by atoms with Crippen LogP contribution >= 0.6 is 0 Å². The van der Waals surface area contributed by atoms with Crippen molar-refractivity contribution in [2.24, 2.45) is 7.05 Å². The number of carbonyl (C=O) groups is 1. The van der Waals surface area contributed by atoms with Crippen molar-refractivity contribution < 1.29 is 18.3 Å². The summed E-state index contributed by atoms with van der Waals surface area (Å²) in [5, 5.41) is 9.78.